The lowest BCUT2D eigenvalue weighted by Crippen LogP contribution is -2.42. The number of amides is 3. The van der Waals surface area contributed by atoms with Gasteiger partial charge in [0.15, 0.2) is 0 Å². The van der Waals surface area contributed by atoms with Crippen molar-refractivity contribution >= 4 is 11.9 Å². The highest BCUT2D eigenvalue weighted by atomic mass is 19.1. The fraction of sp³-hybridized carbons (Fsp3) is 0.200. The Bertz CT molecular complexity index is 942. The molecule has 3 amide bonds. The van der Waals surface area contributed by atoms with E-state index in [2.05, 4.69) is 26.0 Å². The van der Waals surface area contributed by atoms with Gasteiger partial charge < -0.3 is 16.0 Å². The first-order chi connectivity index (χ1) is 14.0. The quantitative estimate of drug-likeness (QED) is 0.569. The molecule has 0 aliphatic carbocycles. The molecule has 150 valence electrons. The van der Waals surface area contributed by atoms with Gasteiger partial charge >= 0.3 is 6.03 Å². The van der Waals surface area contributed by atoms with Crippen molar-refractivity contribution in [2.24, 2.45) is 0 Å². The van der Waals surface area contributed by atoms with Gasteiger partial charge in [-0.05, 0) is 42.3 Å². The molecule has 1 heterocycles. The van der Waals surface area contributed by atoms with E-state index in [0.717, 1.165) is 16.8 Å². The summed E-state index contributed by atoms with van der Waals surface area (Å²) < 4.78 is 14.5. The van der Waals surface area contributed by atoms with Crippen LogP contribution in [0.5, 0.6) is 0 Å². The highest BCUT2D eigenvalue weighted by molar-refractivity contribution is 5.84. The summed E-state index contributed by atoms with van der Waals surface area (Å²) in [5.41, 5.74) is 2.54. The second-order valence-electron chi connectivity index (χ2n) is 6.38. The normalized spacial score (nSPS) is 11.5. The lowest BCUT2D eigenvalue weighted by atomic mass is 10.1. The predicted molar refractivity (Wildman–Crippen MR) is 105 cm³/mol. The maximum absolute atomic E-state index is 12.9. The average Bonchev–Trinajstić information content (AvgIpc) is 3.27. The van der Waals surface area contributed by atoms with Gasteiger partial charge in [0, 0.05) is 6.54 Å². The second-order valence-corrected chi connectivity index (χ2v) is 6.38. The molecule has 29 heavy (non-hydrogen) atoms. The van der Waals surface area contributed by atoms with Crippen molar-refractivity contribution < 1.29 is 14.0 Å². The maximum atomic E-state index is 12.9. The molecular weight excluding hydrogens is 375 g/mol. The lowest BCUT2D eigenvalue weighted by molar-refractivity contribution is -0.120. The summed E-state index contributed by atoms with van der Waals surface area (Å²) in [6.45, 7) is 1.94. The first-order valence-electron chi connectivity index (χ1n) is 9.02. The zero-order valence-electron chi connectivity index (χ0n) is 15.8. The molecule has 0 bridgehead atoms. The SMILES string of the molecule is CC(NC(=O)CNC(=O)NCc1ccc(F)cc1)c1ccc(-n2cncn2)cc1. The van der Waals surface area contributed by atoms with Crippen LogP contribution in [0.25, 0.3) is 5.69 Å². The summed E-state index contributed by atoms with van der Waals surface area (Å²) in [5, 5.41) is 12.0. The third-order valence-electron chi connectivity index (χ3n) is 4.23. The third kappa shape index (κ3) is 5.86. The van der Waals surface area contributed by atoms with E-state index in [0.29, 0.717) is 0 Å². The van der Waals surface area contributed by atoms with Crippen LogP contribution in [0, 0.1) is 5.82 Å². The number of nitrogens with one attached hydrogen (secondary N) is 3. The third-order valence-corrected chi connectivity index (χ3v) is 4.23. The minimum absolute atomic E-state index is 0.156. The second kappa shape index (κ2) is 9.45. The van der Waals surface area contributed by atoms with Gasteiger partial charge in [0.2, 0.25) is 5.91 Å². The highest BCUT2D eigenvalue weighted by Crippen LogP contribution is 2.15. The summed E-state index contributed by atoms with van der Waals surface area (Å²) in [6.07, 6.45) is 3.06. The number of rotatable bonds is 7. The molecule has 2 aromatic carbocycles. The number of aromatic nitrogens is 3. The zero-order valence-corrected chi connectivity index (χ0v) is 15.8. The molecule has 1 unspecified atom stereocenters. The van der Waals surface area contributed by atoms with Crippen LogP contribution in [-0.2, 0) is 11.3 Å². The van der Waals surface area contributed by atoms with Gasteiger partial charge in [-0.25, -0.2) is 18.9 Å². The highest BCUT2D eigenvalue weighted by Gasteiger charge is 2.11. The van der Waals surface area contributed by atoms with Crippen molar-refractivity contribution in [3.8, 4) is 5.69 Å². The van der Waals surface area contributed by atoms with Crippen LogP contribution in [0.2, 0.25) is 0 Å². The van der Waals surface area contributed by atoms with Crippen LogP contribution >= 0.6 is 0 Å². The number of nitrogens with zero attached hydrogens (tertiary/aromatic N) is 3. The molecule has 3 aromatic rings. The van der Waals surface area contributed by atoms with Crippen molar-refractivity contribution in [3.63, 3.8) is 0 Å². The van der Waals surface area contributed by atoms with Crippen LogP contribution in [0.4, 0.5) is 9.18 Å². The number of halogens is 1. The Morgan fingerprint density at radius 3 is 2.45 bits per heavy atom. The van der Waals surface area contributed by atoms with Crippen LogP contribution in [0.3, 0.4) is 0 Å². The summed E-state index contributed by atoms with van der Waals surface area (Å²) in [7, 11) is 0. The Morgan fingerprint density at radius 1 is 1.07 bits per heavy atom. The van der Waals surface area contributed by atoms with Gasteiger partial charge in [0.05, 0.1) is 18.3 Å². The van der Waals surface area contributed by atoms with Gasteiger partial charge in [0.25, 0.3) is 0 Å². The average molecular weight is 396 g/mol. The number of carbonyl (C=O) groups is 2. The van der Waals surface area contributed by atoms with Crippen LogP contribution in [0.1, 0.15) is 24.1 Å². The van der Waals surface area contributed by atoms with E-state index in [9.17, 15) is 14.0 Å². The monoisotopic (exact) mass is 396 g/mol. The molecule has 0 radical (unpaired) electrons. The summed E-state index contributed by atoms with van der Waals surface area (Å²) in [6, 6.07) is 12.7. The standard InChI is InChI=1S/C20H21FN6O2/c1-14(16-4-8-18(9-5-16)27-13-22-12-25-27)26-19(28)11-24-20(29)23-10-15-2-6-17(21)7-3-15/h2-9,12-14H,10-11H2,1H3,(H,26,28)(H2,23,24,29). The van der Waals surface area contributed by atoms with Crippen molar-refractivity contribution in [3.05, 3.63) is 78.1 Å². The number of hydrogen-bond acceptors (Lipinski definition) is 4. The number of carbonyl (C=O) groups excluding carboxylic acids is 2. The van der Waals surface area contributed by atoms with Crippen LogP contribution < -0.4 is 16.0 Å². The molecule has 1 aromatic heterocycles. The summed E-state index contributed by atoms with van der Waals surface area (Å²) in [5.74, 6) is -0.646. The summed E-state index contributed by atoms with van der Waals surface area (Å²) in [4.78, 5) is 27.8. The number of urea groups is 1. The number of hydrogen-bond donors (Lipinski definition) is 3. The van der Waals surface area contributed by atoms with Gasteiger partial charge in [-0.2, -0.15) is 5.10 Å². The van der Waals surface area contributed by atoms with E-state index < -0.39 is 6.03 Å². The Balaban J connectivity index is 1.41. The number of benzene rings is 2. The van der Waals surface area contributed by atoms with Crippen molar-refractivity contribution in [2.45, 2.75) is 19.5 Å². The summed E-state index contributed by atoms with van der Waals surface area (Å²) >= 11 is 0. The topological polar surface area (TPSA) is 101 Å². The Morgan fingerprint density at radius 2 is 1.79 bits per heavy atom. The Kier molecular flexibility index (Phi) is 6.51. The largest absolute Gasteiger partial charge is 0.348 e. The molecule has 0 aliphatic heterocycles. The fourth-order valence-electron chi connectivity index (χ4n) is 2.64. The van der Waals surface area contributed by atoms with Gasteiger partial charge in [-0.1, -0.05) is 24.3 Å². The lowest BCUT2D eigenvalue weighted by Gasteiger charge is -2.15. The molecule has 3 N–H and O–H groups in total. The van der Waals surface area contributed by atoms with Crippen LogP contribution in [-0.4, -0.2) is 33.2 Å². The van der Waals surface area contributed by atoms with E-state index in [1.165, 1.54) is 18.5 Å². The van der Waals surface area contributed by atoms with E-state index in [1.807, 2.05) is 31.2 Å². The van der Waals surface area contributed by atoms with Gasteiger partial charge in [-0.15, -0.1) is 0 Å². The molecule has 0 saturated heterocycles. The fourth-order valence-corrected chi connectivity index (χ4v) is 2.64. The molecule has 9 heteroatoms. The van der Waals surface area contributed by atoms with E-state index in [-0.39, 0.29) is 30.9 Å². The van der Waals surface area contributed by atoms with Gasteiger partial charge in [-0.3, -0.25) is 4.79 Å². The molecule has 1 atom stereocenters. The molecule has 3 rings (SSSR count). The van der Waals surface area contributed by atoms with Crippen LogP contribution in [0.15, 0.2) is 61.2 Å². The Labute approximate surface area is 167 Å². The maximum Gasteiger partial charge on any atom is 0.315 e. The molecule has 8 nitrogen and oxygen atoms in total. The molecular formula is C20H21FN6O2. The van der Waals surface area contributed by atoms with Crippen molar-refractivity contribution in [2.75, 3.05) is 6.54 Å². The molecule has 0 saturated carbocycles. The minimum Gasteiger partial charge on any atom is -0.348 e. The zero-order chi connectivity index (χ0) is 20.6. The molecule has 0 fully saturated rings. The predicted octanol–water partition coefficient (Wildman–Crippen LogP) is 2.08. The van der Waals surface area contributed by atoms with E-state index >= 15 is 0 Å². The molecule has 0 aliphatic rings. The Hall–Kier alpha value is -3.75. The molecule has 0 spiro atoms. The van der Waals surface area contributed by atoms with Crippen molar-refractivity contribution in [1.82, 2.24) is 30.7 Å². The van der Waals surface area contributed by atoms with E-state index in [4.69, 9.17) is 0 Å². The van der Waals surface area contributed by atoms with Gasteiger partial charge in [0.1, 0.15) is 18.5 Å². The van der Waals surface area contributed by atoms with E-state index in [1.54, 1.807) is 23.1 Å². The minimum atomic E-state index is -0.477. The smallest absolute Gasteiger partial charge is 0.315 e. The first-order valence-corrected chi connectivity index (χ1v) is 9.02. The van der Waals surface area contributed by atoms with Crippen molar-refractivity contribution in [1.29, 1.82) is 0 Å². The first kappa shape index (κ1) is 20.0.